The number of rotatable bonds is 7. The minimum absolute atomic E-state index is 0.137. The summed E-state index contributed by atoms with van der Waals surface area (Å²) in [6, 6.07) is 14.5. The number of nitrogens with one attached hydrogen (secondary N) is 1. The van der Waals surface area contributed by atoms with Crippen LogP contribution in [0.5, 0.6) is 5.88 Å². The Morgan fingerprint density at radius 2 is 1.83 bits per heavy atom. The molecule has 6 nitrogen and oxygen atoms in total. The standard InChI is InChI=1S/C22H18Cl2N2O4/c1-13(15-3-2-4-16(9-15)22(28)29)26-20(27)19-10-18(24)11-25-21(19)30-12-14-5-7-17(23)8-6-14/h2-11,13H,12H2,1H3,(H,26,27)(H,28,29)/t13-/m0/s1. The first-order chi connectivity index (χ1) is 14.3. The molecule has 8 heteroatoms. The molecule has 0 saturated heterocycles. The van der Waals surface area contributed by atoms with Crippen molar-refractivity contribution >= 4 is 35.1 Å². The van der Waals surface area contributed by atoms with Crippen LogP contribution in [0.15, 0.2) is 60.8 Å². The molecule has 0 saturated carbocycles. The number of hydrogen-bond acceptors (Lipinski definition) is 4. The topological polar surface area (TPSA) is 88.5 Å². The van der Waals surface area contributed by atoms with Gasteiger partial charge in [0.25, 0.3) is 5.91 Å². The first-order valence-electron chi connectivity index (χ1n) is 9.00. The van der Waals surface area contributed by atoms with Gasteiger partial charge in [-0.1, -0.05) is 47.5 Å². The van der Waals surface area contributed by atoms with Gasteiger partial charge in [-0.3, -0.25) is 4.79 Å². The molecule has 1 aromatic heterocycles. The Morgan fingerprint density at radius 3 is 2.53 bits per heavy atom. The Bertz CT molecular complexity index is 1070. The molecule has 3 rings (SSSR count). The van der Waals surface area contributed by atoms with Gasteiger partial charge in [0.1, 0.15) is 12.2 Å². The van der Waals surface area contributed by atoms with Gasteiger partial charge in [0.05, 0.1) is 16.6 Å². The van der Waals surface area contributed by atoms with E-state index in [4.69, 9.17) is 33.0 Å². The van der Waals surface area contributed by atoms with Crippen LogP contribution in [0.25, 0.3) is 0 Å². The second-order valence-corrected chi connectivity index (χ2v) is 7.42. The van der Waals surface area contributed by atoms with Crippen LogP contribution in [-0.2, 0) is 6.61 Å². The van der Waals surface area contributed by atoms with Crippen molar-refractivity contribution in [1.82, 2.24) is 10.3 Å². The third-order valence-electron chi connectivity index (χ3n) is 4.33. The van der Waals surface area contributed by atoms with E-state index in [2.05, 4.69) is 10.3 Å². The number of carboxylic acids is 1. The number of pyridine rings is 1. The summed E-state index contributed by atoms with van der Waals surface area (Å²) in [5, 5.41) is 12.9. The van der Waals surface area contributed by atoms with E-state index < -0.39 is 17.9 Å². The van der Waals surface area contributed by atoms with Gasteiger partial charge in [-0.25, -0.2) is 9.78 Å². The number of ether oxygens (including phenoxy) is 1. The molecule has 2 N–H and O–H groups in total. The van der Waals surface area contributed by atoms with Crippen molar-refractivity contribution in [3.8, 4) is 5.88 Å². The fourth-order valence-corrected chi connectivity index (χ4v) is 3.02. The Hall–Kier alpha value is -3.09. The van der Waals surface area contributed by atoms with Crippen LogP contribution in [0.3, 0.4) is 0 Å². The largest absolute Gasteiger partial charge is 0.478 e. The molecule has 0 unspecified atom stereocenters. The zero-order valence-electron chi connectivity index (χ0n) is 15.9. The molecular formula is C22H18Cl2N2O4. The lowest BCUT2D eigenvalue weighted by atomic mass is 10.0. The van der Waals surface area contributed by atoms with E-state index >= 15 is 0 Å². The predicted molar refractivity (Wildman–Crippen MR) is 114 cm³/mol. The van der Waals surface area contributed by atoms with Gasteiger partial charge >= 0.3 is 5.97 Å². The molecule has 30 heavy (non-hydrogen) atoms. The van der Waals surface area contributed by atoms with E-state index in [1.807, 2.05) is 12.1 Å². The van der Waals surface area contributed by atoms with E-state index in [1.165, 1.54) is 24.4 Å². The minimum atomic E-state index is -1.03. The zero-order chi connectivity index (χ0) is 21.7. The molecular weight excluding hydrogens is 427 g/mol. The number of benzene rings is 2. The average molecular weight is 445 g/mol. The van der Waals surface area contributed by atoms with Crippen LogP contribution >= 0.6 is 23.2 Å². The molecule has 0 bridgehead atoms. The Labute approximate surface area is 183 Å². The number of aromatic nitrogens is 1. The van der Waals surface area contributed by atoms with Gasteiger partial charge < -0.3 is 15.2 Å². The Morgan fingerprint density at radius 1 is 1.10 bits per heavy atom. The summed E-state index contributed by atoms with van der Waals surface area (Å²) in [6.45, 7) is 1.95. The molecule has 154 valence electrons. The summed E-state index contributed by atoms with van der Waals surface area (Å²) in [5.41, 5.74) is 1.84. The third kappa shape index (κ3) is 5.49. The van der Waals surface area contributed by atoms with Crippen LogP contribution in [0.4, 0.5) is 0 Å². The van der Waals surface area contributed by atoms with Gasteiger partial charge in [0, 0.05) is 11.2 Å². The molecule has 1 heterocycles. The summed E-state index contributed by atoms with van der Waals surface area (Å²) in [6.07, 6.45) is 1.40. The fraction of sp³-hybridized carbons (Fsp3) is 0.136. The molecule has 3 aromatic rings. The van der Waals surface area contributed by atoms with Gasteiger partial charge in [-0.05, 0) is 48.4 Å². The number of carbonyl (C=O) groups excluding carboxylic acids is 1. The average Bonchev–Trinajstić information content (AvgIpc) is 2.74. The highest BCUT2D eigenvalue weighted by Crippen LogP contribution is 2.23. The van der Waals surface area contributed by atoms with E-state index in [-0.39, 0.29) is 23.6 Å². The summed E-state index contributed by atoms with van der Waals surface area (Å²) in [7, 11) is 0. The SMILES string of the molecule is C[C@H](NC(=O)c1cc(Cl)cnc1OCc1ccc(Cl)cc1)c1cccc(C(=O)O)c1. The van der Waals surface area contributed by atoms with Crippen LogP contribution in [-0.4, -0.2) is 22.0 Å². The van der Waals surface area contributed by atoms with E-state index in [1.54, 1.807) is 31.2 Å². The van der Waals surface area contributed by atoms with Crippen LogP contribution < -0.4 is 10.1 Å². The van der Waals surface area contributed by atoms with E-state index in [0.717, 1.165) is 5.56 Å². The lowest BCUT2D eigenvalue weighted by molar-refractivity contribution is 0.0696. The number of carboxylic acid groups (broad SMARTS) is 1. The highest BCUT2D eigenvalue weighted by Gasteiger charge is 2.18. The molecule has 0 spiro atoms. The van der Waals surface area contributed by atoms with Crippen LogP contribution in [0.1, 0.15) is 44.8 Å². The van der Waals surface area contributed by atoms with Gasteiger partial charge in [0.15, 0.2) is 0 Å². The lowest BCUT2D eigenvalue weighted by Gasteiger charge is -2.16. The number of amides is 1. The van der Waals surface area contributed by atoms with Crippen molar-refractivity contribution in [1.29, 1.82) is 0 Å². The second-order valence-electron chi connectivity index (χ2n) is 6.55. The molecule has 0 aliphatic carbocycles. The predicted octanol–water partition coefficient (Wildman–Crippen LogP) is 5.16. The maximum atomic E-state index is 12.9. The number of carbonyl (C=O) groups is 2. The molecule has 1 atom stereocenters. The van der Waals surface area contributed by atoms with E-state index in [9.17, 15) is 9.59 Å². The van der Waals surface area contributed by atoms with Crippen LogP contribution in [0, 0.1) is 0 Å². The maximum Gasteiger partial charge on any atom is 0.335 e. The molecule has 0 aliphatic rings. The number of hydrogen-bond donors (Lipinski definition) is 2. The number of halogens is 2. The van der Waals surface area contributed by atoms with Crippen molar-refractivity contribution in [2.75, 3.05) is 0 Å². The summed E-state index contributed by atoms with van der Waals surface area (Å²) in [4.78, 5) is 28.2. The Kier molecular flexibility index (Phi) is 6.92. The summed E-state index contributed by atoms with van der Waals surface area (Å²) < 4.78 is 5.73. The summed E-state index contributed by atoms with van der Waals surface area (Å²) in [5.74, 6) is -1.34. The highest BCUT2D eigenvalue weighted by molar-refractivity contribution is 6.31. The van der Waals surface area contributed by atoms with Crippen molar-refractivity contribution in [3.05, 3.63) is 93.1 Å². The molecule has 0 radical (unpaired) electrons. The maximum absolute atomic E-state index is 12.9. The van der Waals surface area contributed by atoms with E-state index in [0.29, 0.717) is 15.6 Å². The van der Waals surface area contributed by atoms with Gasteiger partial charge in [0.2, 0.25) is 5.88 Å². The molecule has 0 fully saturated rings. The van der Waals surface area contributed by atoms with Crippen LogP contribution in [0.2, 0.25) is 10.0 Å². The van der Waals surface area contributed by atoms with Gasteiger partial charge in [-0.2, -0.15) is 0 Å². The smallest absolute Gasteiger partial charge is 0.335 e. The van der Waals surface area contributed by atoms with Crippen molar-refractivity contribution < 1.29 is 19.4 Å². The fourth-order valence-electron chi connectivity index (χ4n) is 2.74. The highest BCUT2D eigenvalue weighted by atomic mass is 35.5. The van der Waals surface area contributed by atoms with Gasteiger partial charge in [-0.15, -0.1) is 0 Å². The molecule has 2 aromatic carbocycles. The molecule has 1 amide bonds. The number of nitrogens with zero attached hydrogens (tertiary/aromatic N) is 1. The van der Waals surface area contributed by atoms with Crippen molar-refractivity contribution in [3.63, 3.8) is 0 Å². The normalized spacial score (nSPS) is 11.6. The zero-order valence-corrected chi connectivity index (χ0v) is 17.4. The third-order valence-corrected chi connectivity index (χ3v) is 4.79. The van der Waals surface area contributed by atoms with Crippen molar-refractivity contribution in [2.24, 2.45) is 0 Å². The first kappa shape index (κ1) is 21.6. The second kappa shape index (κ2) is 9.61. The minimum Gasteiger partial charge on any atom is -0.478 e. The first-order valence-corrected chi connectivity index (χ1v) is 9.76. The lowest BCUT2D eigenvalue weighted by Crippen LogP contribution is -2.27. The number of aromatic carboxylic acids is 1. The molecule has 0 aliphatic heterocycles. The quantitative estimate of drug-likeness (QED) is 0.525. The van der Waals surface area contributed by atoms with Crippen molar-refractivity contribution in [2.45, 2.75) is 19.6 Å². The monoisotopic (exact) mass is 444 g/mol. The Balaban J connectivity index is 1.76. The summed E-state index contributed by atoms with van der Waals surface area (Å²) >= 11 is 11.9.